The number of halogens is 4. The van der Waals surface area contributed by atoms with Crippen LogP contribution in [-0.4, -0.2) is 44.3 Å². The molecule has 216 valence electrons. The van der Waals surface area contributed by atoms with Crippen molar-refractivity contribution >= 4 is 34.3 Å². The lowest BCUT2D eigenvalue weighted by Gasteiger charge is -2.24. The second-order valence-corrected chi connectivity index (χ2v) is 10.2. The number of hydrogen-bond acceptors (Lipinski definition) is 8. The maximum Gasteiger partial charge on any atom is 0.405 e. The third kappa shape index (κ3) is 6.50. The highest BCUT2D eigenvalue weighted by Crippen LogP contribution is 2.39. The van der Waals surface area contributed by atoms with E-state index >= 15 is 0 Å². The second kappa shape index (κ2) is 11.9. The van der Waals surface area contributed by atoms with Crippen molar-refractivity contribution in [1.29, 1.82) is 0 Å². The van der Waals surface area contributed by atoms with Gasteiger partial charge in [-0.1, -0.05) is 23.7 Å². The van der Waals surface area contributed by atoms with Crippen LogP contribution in [0.4, 0.5) is 23.7 Å². The number of nitrogens with one attached hydrogen (secondary N) is 1. The Labute approximate surface area is 238 Å². The molecule has 0 aliphatic rings. The summed E-state index contributed by atoms with van der Waals surface area (Å²) in [5.74, 6) is -0.739. The van der Waals surface area contributed by atoms with Crippen molar-refractivity contribution in [1.82, 2.24) is 15.0 Å². The smallest absolute Gasteiger partial charge is 0.405 e. The van der Waals surface area contributed by atoms with E-state index in [0.717, 1.165) is 12.1 Å². The molecule has 2 aromatic carbocycles. The Hall–Kier alpha value is -4.00. The maximum absolute atomic E-state index is 15.0. The van der Waals surface area contributed by atoms with Crippen LogP contribution in [0.3, 0.4) is 0 Å². The number of carbonyl (C=O) groups is 1. The summed E-state index contributed by atoms with van der Waals surface area (Å²) in [4.78, 5) is 24.1. The van der Waals surface area contributed by atoms with Crippen LogP contribution in [-0.2, 0) is 10.3 Å². The van der Waals surface area contributed by atoms with Crippen LogP contribution in [0.5, 0.6) is 0 Å². The summed E-state index contributed by atoms with van der Waals surface area (Å²) in [6, 6.07) is 6.38. The number of benzene rings is 2. The Balaban J connectivity index is 1.81. The Kier molecular flexibility index (Phi) is 8.66. The van der Waals surface area contributed by atoms with Gasteiger partial charge in [0, 0.05) is 28.9 Å². The van der Waals surface area contributed by atoms with Crippen molar-refractivity contribution in [2.45, 2.75) is 44.9 Å². The average molecular weight is 590 g/mol. The molecule has 0 radical (unpaired) electrons. The van der Waals surface area contributed by atoms with Gasteiger partial charge in [-0.3, -0.25) is 4.98 Å². The number of aromatic nitrogens is 3. The molecule has 2 atom stereocenters. The van der Waals surface area contributed by atoms with Crippen LogP contribution in [0.1, 0.15) is 48.6 Å². The van der Waals surface area contributed by atoms with E-state index in [9.17, 15) is 28.2 Å². The summed E-state index contributed by atoms with van der Waals surface area (Å²) < 4.78 is 48.8. The van der Waals surface area contributed by atoms with Crippen LogP contribution in [0.2, 0.25) is 5.02 Å². The zero-order chi connectivity index (χ0) is 30.1. The van der Waals surface area contributed by atoms with Gasteiger partial charge in [0.25, 0.3) is 6.43 Å². The Morgan fingerprint density at radius 2 is 1.83 bits per heavy atom. The zero-order valence-corrected chi connectivity index (χ0v) is 23.0. The fourth-order valence-corrected chi connectivity index (χ4v) is 4.46. The monoisotopic (exact) mass is 589 g/mol. The number of hydrogen-bond donors (Lipinski definition) is 4. The van der Waals surface area contributed by atoms with Gasteiger partial charge in [0.2, 0.25) is 0 Å². The number of aliphatic hydroxyl groups excluding tert-OH is 1. The fraction of sp³-hybridized carbons (Fsp3) is 0.286. The van der Waals surface area contributed by atoms with E-state index in [1.807, 2.05) is 0 Å². The van der Waals surface area contributed by atoms with Crippen molar-refractivity contribution in [2.24, 2.45) is 5.73 Å². The Morgan fingerprint density at radius 3 is 2.41 bits per heavy atom. The predicted octanol–water partition coefficient (Wildman–Crippen LogP) is 5.57. The SMILES string of the molecule is Cc1nc2ccc(-c3cnc(C(C)(C)O)nc3)cc2c(N[C@@H](c2cc(C(CO)OC(N)=O)ccc2F)C(F)F)c1Cl. The maximum atomic E-state index is 15.0. The van der Waals surface area contributed by atoms with Gasteiger partial charge < -0.3 is 26.0 Å². The summed E-state index contributed by atoms with van der Waals surface area (Å²) in [5, 5.41) is 22.9. The number of amides is 1. The van der Waals surface area contributed by atoms with Crippen molar-refractivity contribution in [3.8, 4) is 11.1 Å². The molecule has 0 spiro atoms. The molecule has 2 aromatic heterocycles. The molecule has 4 rings (SSSR count). The van der Waals surface area contributed by atoms with E-state index in [1.54, 1.807) is 39.0 Å². The van der Waals surface area contributed by atoms with Gasteiger partial charge >= 0.3 is 6.09 Å². The number of aliphatic hydroxyl groups is 2. The molecule has 1 amide bonds. The van der Waals surface area contributed by atoms with E-state index in [-0.39, 0.29) is 22.1 Å². The van der Waals surface area contributed by atoms with Crippen LogP contribution in [0.15, 0.2) is 48.8 Å². The van der Waals surface area contributed by atoms with Gasteiger partial charge in [0.15, 0.2) is 11.9 Å². The van der Waals surface area contributed by atoms with E-state index in [4.69, 9.17) is 22.1 Å². The quantitative estimate of drug-likeness (QED) is 0.198. The molecular formula is C28H27ClF3N5O4. The van der Waals surface area contributed by atoms with Gasteiger partial charge in [-0.15, -0.1) is 0 Å². The molecule has 0 aliphatic heterocycles. The molecule has 9 nitrogen and oxygen atoms in total. The Bertz CT molecular complexity index is 1580. The lowest BCUT2D eigenvalue weighted by molar-refractivity contribution is 0.0630. The summed E-state index contributed by atoms with van der Waals surface area (Å²) in [6.07, 6.45) is -2.56. The number of pyridine rings is 1. The highest BCUT2D eigenvalue weighted by Gasteiger charge is 2.29. The summed E-state index contributed by atoms with van der Waals surface area (Å²) in [6.45, 7) is 4.01. The topological polar surface area (TPSA) is 143 Å². The fourth-order valence-electron chi connectivity index (χ4n) is 4.26. The number of alkyl halides is 2. The summed E-state index contributed by atoms with van der Waals surface area (Å²) in [5.41, 5.74) is 5.47. The van der Waals surface area contributed by atoms with E-state index in [1.165, 1.54) is 18.5 Å². The second-order valence-electron chi connectivity index (χ2n) is 9.82. The van der Waals surface area contributed by atoms with Crippen molar-refractivity contribution < 1.29 is 32.9 Å². The van der Waals surface area contributed by atoms with Crippen molar-refractivity contribution in [3.05, 3.63) is 82.3 Å². The standard InChI is InChI=1S/C28H27ClF3N5O4/c1-13-22(29)23(18-8-14(5-7-20(18)36-13)16-10-34-26(35-11-16)28(2,3)40)37-24(25(31)32)17-9-15(4-6-19(17)30)21(12-38)41-27(33)39/h4-11,21,24-25,38,40H,12H2,1-3H3,(H2,33,39)(H,36,37)/t21?,24-/m0/s1. The summed E-state index contributed by atoms with van der Waals surface area (Å²) >= 11 is 6.56. The van der Waals surface area contributed by atoms with E-state index in [2.05, 4.69) is 20.3 Å². The first-order chi connectivity index (χ1) is 19.3. The number of rotatable bonds is 9. The molecule has 1 unspecified atom stereocenters. The number of nitrogens with zero attached hydrogens (tertiary/aromatic N) is 3. The van der Waals surface area contributed by atoms with Gasteiger partial charge in [0.05, 0.1) is 28.5 Å². The molecule has 0 fully saturated rings. The number of fused-ring (bicyclic) bond motifs is 1. The van der Waals surface area contributed by atoms with Crippen LogP contribution >= 0.6 is 11.6 Å². The van der Waals surface area contributed by atoms with Crippen molar-refractivity contribution in [2.75, 3.05) is 11.9 Å². The van der Waals surface area contributed by atoms with Crippen LogP contribution in [0.25, 0.3) is 22.0 Å². The molecule has 4 aromatic rings. The summed E-state index contributed by atoms with van der Waals surface area (Å²) in [7, 11) is 0. The molecule has 0 saturated carbocycles. The van der Waals surface area contributed by atoms with Crippen molar-refractivity contribution in [3.63, 3.8) is 0 Å². The first-order valence-corrected chi connectivity index (χ1v) is 12.7. The normalized spacial score (nSPS) is 13.3. The first kappa shape index (κ1) is 30.0. The third-order valence-electron chi connectivity index (χ3n) is 6.33. The molecular weight excluding hydrogens is 563 g/mol. The number of carbonyl (C=O) groups excluding carboxylic acids is 1. The lowest BCUT2D eigenvalue weighted by atomic mass is 9.99. The molecule has 0 bridgehead atoms. The molecule has 41 heavy (non-hydrogen) atoms. The van der Waals surface area contributed by atoms with Crippen LogP contribution in [0, 0.1) is 12.7 Å². The minimum Gasteiger partial charge on any atom is -0.439 e. The van der Waals surface area contributed by atoms with Gasteiger partial charge in [0.1, 0.15) is 17.5 Å². The third-order valence-corrected chi connectivity index (χ3v) is 6.79. The lowest BCUT2D eigenvalue weighted by Crippen LogP contribution is -2.23. The minimum atomic E-state index is -3.12. The van der Waals surface area contributed by atoms with Gasteiger partial charge in [-0.05, 0) is 56.2 Å². The molecule has 0 saturated heterocycles. The molecule has 0 aliphatic carbocycles. The largest absolute Gasteiger partial charge is 0.439 e. The molecule has 2 heterocycles. The first-order valence-electron chi connectivity index (χ1n) is 12.4. The number of aryl methyl sites for hydroxylation is 1. The molecule has 13 heteroatoms. The number of primary amides is 1. The van der Waals surface area contributed by atoms with E-state index in [0.29, 0.717) is 27.7 Å². The van der Waals surface area contributed by atoms with E-state index < -0.39 is 48.3 Å². The van der Waals surface area contributed by atoms with Gasteiger partial charge in [-0.2, -0.15) is 0 Å². The number of anilines is 1. The van der Waals surface area contributed by atoms with Gasteiger partial charge in [-0.25, -0.2) is 27.9 Å². The zero-order valence-electron chi connectivity index (χ0n) is 22.2. The minimum absolute atomic E-state index is 0.0517. The average Bonchev–Trinajstić information content (AvgIpc) is 2.92. The highest BCUT2D eigenvalue weighted by atomic mass is 35.5. The Morgan fingerprint density at radius 1 is 1.15 bits per heavy atom. The highest BCUT2D eigenvalue weighted by molar-refractivity contribution is 6.35. The predicted molar refractivity (Wildman–Crippen MR) is 147 cm³/mol. The molecule has 5 N–H and O–H groups in total. The number of nitrogens with two attached hydrogens (primary N) is 1. The van der Waals surface area contributed by atoms with Crippen LogP contribution < -0.4 is 11.1 Å². The number of ether oxygens (including phenoxy) is 1.